The summed E-state index contributed by atoms with van der Waals surface area (Å²) in [5, 5.41) is 11.8. The Labute approximate surface area is 524 Å². The molecule has 0 aromatic heterocycles. The summed E-state index contributed by atoms with van der Waals surface area (Å²) >= 11 is 0. The molecule has 0 spiro atoms. The molecule has 0 saturated heterocycles. The number of unbranched alkanes of at least 4 members (excludes halogenated alkanes) is 31. The predicted octanol–water partition coefficient (Wildman–Crippen LogP) is 20.5. The summed E-state index contributed by atoms with van der Waals surface area (Å²) in [7, 11) is 5.93. The Kier molecular flexibility index (Phi) is 62.8. The van der Waals surface area contributed by atoms with Crippen LogP contribution in [0.25, 0.3) is 0 Å². The summed E-state index contributed by atoms with van der Waals surface area (Å²) in [4.78, 5) is 37.5. The van der Waals surface area contributed by atoms with Crippen LogP contribution in [-0.2, 0) is 33.3 Å². The van der Waals surface area contributed by atoms with Crippen LogP contribution in [0.5, 0.6) is 0 Å². The highest BCUT2D eigenvalue weighted by atomic mass is 16.7. The lowest BCUT2D eigenvalue weighted by Crippen LogP contribution is -2.44. The summed E-state index contributed by atoms with van der Waals surface area (Å²) in [6.07, 6.45) is 88.8. The quantitative estimate of drug-likeness (QED) is 0.0195. The molecule has 0 aliphatic heterocycles. The van der Waals surface area contributed by atoms with Crippen LogP contribution in [-0.4, -0.2) is 82.3 Å². The van der Waals surface area contributed by atoms with Gasteiger partial charge in [-0.1, -0.05) is 309 Å². The molecule has 85 heavy (non-hydrogen) atoms. The topological polar surface area (TPSA) is 111 Å². The first-order chi connectivity index (χ1) is 41.6. The van der Waals surface area contributed by atoms with Crippen molar-refractivity contribution in [3.8, 4) is 0 Å². The minimum Gasteiger partial charge on any atom is -0.545 e. The molecule has 488 valence electrons. The number of hydrogen-bond acceptors (Lipinski definition) is 8. The summed E-state index contributed by atoms with van der Waals surface area (Å²) in [5.74, 6) is -2.28. The number of allylic oxidation sites excluding steroid dienone is 18. The third-order valence-electron chi connectivity index (χ3n) is 15.0. The van der Waals surface area contributed by atoms with Gasteiger partial charge in [-0.3, -0.25) is 9.59 Å². The maximum atomic E-state index is 12.9. The number of quaternary nitrogens is 1. The molecule has 0 saturated carbocycles. The van der Waals surface area contributed by atoms with E-state index in [0.29, 0.717) is 23.9 Å². The van der Waals surface area contributed by atoms with E-state index in [1.165, 1.54) is 161 Å². The molecule has 0 aromatic rings. The highest BCUT2D eigenvalue weighted by molar-refractivity contribution is 5.70. The van der Waals surface area contributed by atoms with Gasteiger partial charge >= 0.3 is 11.9 Å². The van der Waals surface area contributed by atoms with Crippen molar-refractivity contribution < 1.29 is 42.9 Å². The summed E-state index contributed by atoms with van der Waals surface area (Å²) in [6, 6.07) is 0. The van der Waals surface area contributed by atoms with E-state index in [1.54, 1.807) is 0 Å². The first-order valence-electron chi connectivity index (χ1n) is 35.0. The molecule has 0 bridgehead atoms. The number of carbonyl (C=O) groups excluding carboxylic acids is 3. The Hall–Kier alpha value is -4.05. The van der Waals surface area contributed by atoms with Crippen LogP contribution in [0, 0.1) is 0 Å². The molecule has 0 amide bonds. The average Bonchev–Trinajstić information content (AvgIpc) is 3.48. The normalized spacial score (nSPS) is 13.4. The Morgan fingerprint density at radius 2 is 0.671 bits per heavy atom. The van der Waals surface area contributed by atoms with Crippen LogP contribution in [0.3, 0.4) is 0 Å². The molecule has 0 N–H and O–H groups in total. The van der Waals surface area contributed by atoms with E-state index in [1.807, 2.05) is 21.1 Å². The molecule has 0 rings (SSSR count). The summed E-state index contributed by atoms with van der Waals surface area (Å²) in [6.45, 7) is 4.66. The summed E-state index contributed by atoms with van der Waals surface area (Å²) in [5.41, 5.74) is 0. The summed E-state index contributed by atoms with van der Waals surface area (Å²) < 4.78 is 22.8. The largest absolute Gasteiger partial charge is 0.545 e. The zero-order chi connectivity index (χ0) is 61.9. The average molecular weight is 1190 g/mol. The van der Waals surface area contributed by atoms with Gasteiger partial charge in [0.25, 0.3) is 0 Å². The van der Waals surface area contributed by atoms with E-state index < -0.39 is 24.3 Å². The highest BCUT2D eigenvalue weighted by Gasteiger charge is 2.22. The molecule has 0 aliphatic carbocycles. The lowest BCUT2D eigenvalue weighted by atomic mass is 10.0. The van der Waals surface area contributed by atoms with Gasteiger partial charge in [-0.2, -0.15) is 0 Å². The standard InChI is InChI=1S/C76H131NO8/c1-6-8-10-12-14-16-18-20-22-24-26-28-30-31-32-33-34-35-36-37-38-39-40-41-42-43-45-47-49-51-53-55-57-59-61-63-65-67-74(79)85-72(71-84-76(75(80)81)82-69-68-77(3,4)5)70-83-73(78)66-64-62-60-58-56-54-52-50-48-46-44-29-27-25-23-21-19-17-15-13-11-9-7-2/h8,10,14,16,20,22,26,28,31-32,34-35,37-38,40-41,43,45,72,76H,6-7,9,11-13,15,17-19,21,23-25,27,29-30,33,36,39,42,44,46-71H2,1-5H3/b10-8-,16-14-,22-20-,28-26-,32-31-,35-34-,38-37-,41-40-,45-43-. The third kappa shape index (κ3) is 67.3. The van der Waals surface area contributed by atoms with Gasteiger partial charge < -0.3 is 33.3 Å². The number of nitrogens with zero attached hydrogens (tertiary/aromatic N) is 1. The van der Waals surface area contributed by atoms with Crippen molar-refractivity contribution in [3.05, 3.63) is 109 Å². The van der Waals surface area contributed by atoms with Gasteiger partial charge in [0.2, 0.25) is 0 Å². The number of likely N-dealkylation sites (N-methyl/N-ethyl adjacent to an activating group) is 1. The Balaban J connectivity index is 4.16. The van der Waals surface area contributed by atoms with Gasteiger partial charge in [0, 0.05) is 12.8 Å². The van der Waals surface area contributed by atoms with Gasteiger partial charge in [-0.05, 0) is 83.5 Å². The Morgan fingerprint density at radius 3 is 1.00 bits per heavy atom. The second kappa shape index (κ2) is 65.9. The van der Waals surface area contributed by atoms with Crippen LogP contribution in [0.15, 0.2) is 109 Å². The monoisotopic (exact) mass is 1190 g/mol. The fourth-order valence-corrected chi connectivity index (χ4v) is 9.71. The number of ether oxygens (including phenoxy) is 4. The second-order valence-corrected chi connectivity index (χ2v) is 24.4. The van der Waals surface area contributed by atoms with Crippen molar-refractivity contribution in [1.29, 1.82) is 0 Å². The van der Waals surface area contributed by atoms with Crippen molar-refractivity contribution in [1.82, 2.24) is 0 Å². The minimum atomic E-state index is -1.63. The fraction of sp³-hybridized carbons (Fsp3) is 0.724. The molecule has 2 unspecified atom stereocenters. The van der Waals surface area contributed by atoms with Gasteiger partial charge in [0.05, 0.1) is 40.3 Å². The molecule has 2 atom stereocenters. The lowest BCUT2D eigenvalue weighted by molar-refractivity contribution is -0.870. The van der Waals surface area contributed by atoms with Gasteiger partial charge in [-0.25, -0.2) is 0 Å². The number of carbonyl (C=O) groups is 3. The lowest BCUT2D eigenvalue weighted by Gasteiger charge is -2.26. The number of esters is 2. The molecule has 0 fully saturated rings. The van der Waals surface area contributed by atoms with Crippen molar-refractivity contribution in [2.24, 2.45) is 0 Å². The molecule has 9 heteroatoms. The van der Waals surface area contributed by atoms with E-state index in [9.17, 15) is 19.5 Å². The van der Waals surface area contributed by atoms with Crippen LogP contribution in [0.1, 0.15) is 296 Å². The van der Waals surface area contributed by atoms with Gasteiger partial charge in [0.1, 0.15) is 13.2 Å². The zero-order valence-electron chi connectivity index (χ0n) is 55.7. The SMILES string of the molecule is CC/C=C\C/C=C\C/C=C\C/C=C\C/C=C\C/C=C\C/C=C\C/C=C\C/C=C\CCCCCCCCCCCC(=O)OC(COC(=O)CCCCCCCCCCCCCCCCCCCCCCCCC)COC(OCC[N+](C)(C)C)C(=O)[O-]. The van der Waals surface area contributed by atoms with Crippen LogP contribution in [0.2, 0.25) is 0 Å². The van der Waals surface area contributed by atoms with E-state index in [-0.39, 0.29) is 32.2 Å². The predicted molar refractivity (Wildman–Crippen MR) is 361 cm³/mol. The van der Waals surface area contributed by atoms with Gasteiger partial charge in [-0.15, -0.1) is 0 Å². The molecular weight excluding hydrogens is 1050 g/mol. The van der Waals surface area contributed by atoms with Crippen LogP contribution < -0.4 is 5.11 Å². The Bertz CT molecular complexity index is 1760. The molecule has 0 radical (unpaired) electrons. The zero-order valence-corrected chi connectivity index (χ0v) is 55.7. The third-order valence-corrected chi connectivity index (χ3v) is 15.0. The number of aliphatic carboxylic acids is 1. The second-order valence-electron chi connectivity index (χ2n) is 24.4. The number of hydrogen-bond donors (Lipinski definition) is 0. The number of rotatable bonds is 64. The van der Waals surface area contributed by atoms with Crippen molar-refractivity contribution >= 4 is 17.9 Å². The number of carboxylic acid groups (broad SMARTS) is 1. The molecule has 0 aliphatic rings. The minimum absolute atomic E-state index is 0.143. The smallest absolute Gasteiger partial charge is 0.306 e. The first kappa shape index (κ1) is 81.0. The molecule has 9 nitrogen and oxygen atoms in total. The van der Waals surface area contributed by atoms with E-state index >= 15 is 0 Å². The van der Waals surface area contributed by atoms with E-state index in [2.05, 4.69) is 123 Å². The van der Waals surface area contributed by atoms with Crippen molar-refractivity contribution in [3.63, 3.8) is 0 Å². The Morgan fingerprint density at radius 1 is 0.365 bits per heavy atom. The first-order valence-corrected chi connectivity index (χ1v) is 35.0. The van der Waals surface area contributed by atoms with Crippen LogP contribution in [0.4, 0.5) is 0 Å². The number of carboxylic acids is 1. The molecule has 0 aromatic carbocycles. The van der Waals surface area contributed by atoms with Crippen molar-refractivity contribution in [2.45, 2.75) is 309 Å². The molecular formula is C76H131NO8. The maximum absolute atomic E-state index is 12.9. The maximum Gasteiger partial charge on any atom is 0.306 e. The molecule has 0 heterocycles. The van der Waals surface area contributed by atoms with E-state index in [0.717, 1.165) is 103 Å². The fourth-order valence-electron chi connectivity index (χ4n) is 9.71. The van der Waals surface area contributed by atoms with Gasteiger partial charge in [0.15, 0.2) is 12.4 Å². The highest BCUT2D eigenvalue weighted by Crippen LogP contribution is 2.17. The van der Waals surface area contributed by atoms with E-state index in [4.69, 9.17) is 18.9 Å². The van der Waals surface area contributed by atoms with Crippen LogP contribution >= 0.6 is 0 Å². The van der Waals surface area contributed by atoms with Crippen molar-refractivity contribution in [2.75, 3.05) is 47.5 Å².